The summed E-state index contributed by atoms with van der Waals surface area (Å²) in [6, 6.07) is 12.4. The van der Waals surface area contributed by atoms with Crippen LogP contribution in [0, 0.1) is 0 Å². The van der Waals surface area contributed by atoms with Crippen LogP contribution in [-0.4, -0.2) is 26.3 Å². The highest BCUT2D eigenvalue weighted by atomic mass is 16.6. The van der Waals surface area contributed by atoms with E-state index in [-0.39, 0.29) is 6.61 Å². The quantitative estimate of drug-likeness (QED) is 0.654. The first-order chi connectivity index (χ1) is 12.5. The first-order valence-electron chi connectivity index (χ1n) is 7.95. The monoisotopic (exact) mass is 357 g/mol. The van der Waals surface area contributed by atoms with Gasteiger partial charge in [0.1, 0.15) is 12.4 Å². The Balaban J connectivity index is 1.79. The topological polar surface area (TPSA) is 83.1 Å². The number of methoxy groups -OCH3 is 2. The number of amides is 1. The van der Waals surface area contributed by atoms with E-state index in [1.54, 1.807) is 19.1 Å². The van der Waals surface area contributed by atoms with Gasteiger partial charge in [-0.1, -0.05) is 30.3 Å². The van der Waals surface area contributed by atoms with Crippen LogP contribution >= 0.6 is 0 Å². The number of hydrogen-bond donors (Lipinski definition) is 1. The Kier molecular flexibility index (Phi) is 4.71. The highest BCUT2D eigenvalue weighted by Crippen LogP contribution is 2.44. The van der Waals surface area contributed by atoms with Gasteiger partial charge in [0.15, 0.2) is 17.0 Å². The number of carbonyl (C=O) groups is 2. The Labute approximate surface area is 150 Å². The number of esters is 1. The summed E-state index contributed by atoms with van der Waals surface area (Å²) in [6.45, 7) is 1.65. The van der Waals surface area contributed by atoms with Crippen molar-refractivity contribution in [3.63, 3.8) is 0 Å². The molecule has 1 aliphatic rings. The largest absolute Gasteiger partial charge is 0.493 e. The van der Waals surface area contributed by atoms with Gasteiger partial charge in [-0.2, -0.15) is 0 Å². The second kappa shape index (κ2) is 6.95. The van der Waals surface area contributed by atoms with Gasteiger partial charge >= 0.3 is 12.1 Å². The standard InChI is InChI=1S/C19H19NO6/c1-19(20-18(22)25-11-12-7-5-4-6-8-12)13-9-15(23-2)16(24-3)10-14(13)26-17(19)21/h4-10H,11H2,1-3H3,(H,20,22)/t19-/m1/s1. The molecule has 1 aliphatic heterocycles. The van der Waals surface area contributed by atoms with E-state index in [9.17, 15) is 9.59 Å². The van der Waals surface area contributed by atoms with E-state index in [1.807, 2.05) is 30.3 Å². The van der Waals surface area contributed by atoms with Crippen LogP contribution in [0.4, 0.5) is 4.79 Å². The maximum absolute atomic E-state index is 12.4. The predicted molar refractivity (Wildman–Crippen MR) is 92.3 cm³/mol. The van der Waals surface area contributed by atoms with Crippen LogP contribution in [0.1, 0.15) is 18.1 Å². The van der Waals surface area contributed by atoms with E-state index in [2.05, 4.69) is 5.32 Å². The van der Waals surface area contributed by atoms with Crippen molar-refractivity contribution in [2.75, 3.05) is 14.2 Å². The summed E-state index contributed by atoms with van der Waals surface area (Å²) >= 11 is 0. The van der Waals surface area contributed by atoms with Crippen molar-refractivity contribution in [3.05, 3.63) is 53.6 Å². The molecule has 0 aromatic heterocycles. The summed E-state index contributed by atoms with van der Waals surface area (Å²) in [6.07, 6.45) is -0.726. The van der Waals surface area contributed by atoms with Crippen molar-refractivity contribution in [3.8, 4) is 17.2 Å². The molecule has 7 heteroatoms. The first-order valence-corrected chi connectivity index (χ1v) is 7.95. The normalized spacial score (nSPS) is 17.9. The highest BCUT2D eigenvalue weighted by molar-refractivity contribution is 5.93. The Morgan fingerprint density at radius 2 is 1.77 bits per heavy atom. The fourth-order valence-corrected chi connectivity index (χ4v) is 2.73. The lowest BCUT2D eigenvalue weighted by atomic mass is 9.93. The summed E-state index contributed by atoms with van der Waals surface area (Å²) in [5, 5.41) is 2.59. The van der Waals surface area contributed by atoms with Gasteiger partial charge in [-0.25, -0.2) is 9.59 Å². The molecule has 136 valence electrons. The van der Waals surface area contributed by atoms with E-state index in [0.29, 0.717) is 22.8 Å². The van der Waals surface area contributed by atoms with Crippen molar-refractivity contribution in [2.45, 2.75) is 19.1 Å². The van der Waals surface area contributed by atoms with Gasteiger partial charge < -0.3 is 24.3 Å². The van der Waals surface area contributed by atoms with Crippen molar-refractivity contribution in [1.82, 2.24) is 5.32 Å². The van der Waals surface area contributed by atoms with Crippen molar-refractivity contribution >= 4 is 12.1 Å². The Hall–Kier alpha value is -3.22. The van der Waals surface area contributed by atoms with Gasteiger partial charge in [0.25, 0.3) is 0 Å². The number of carbonyl (C=O) groups excluding carboxylic acids is 2. The Morgan fingerprint density at radius 3 is 2.42 bits per heavy atom. The average Bonchev–Trinajstić information content (AvgIpc) is 2.89. The molecule has 0 spiro atoms. The second-order valence-electron chi connectivity index (χ2n) is 5.90. The van der Waals surface area contributed by atoms with Crippen LogP contribution in [0.2, 0.25) is 0 Å². The van der Waals surface area contributed by atoms with E-state index < -0.39 is 17.6 Å². The average molecular weight is 357 g/mol. The molecule has 1 heterocycles. The molecule has 2 aromatic rings. The smallest absolute Gasteiger partial charge is 0.408 e. The zero-order valence-electron chi connectivity index (χ0n) is 14.7. The first kappa shape index (κ1) is 17.6. The number of alkyl carbamates (subject to hydrolysis) is 1. The molecule has 0 aliphatic carbocycles. The number of fused-ring (bicyclic) bond motifs is 1. The number of benzene rings is 2. The third kappa shape index (κ3) is 3.15. The number of hydrogen-bond acceptors (Lipinski definition) is 6. The molecular formula is C19H19NO6. The van der Waals surface area contributed by atoms with E-state index in [4.69, 9.17) is 18.9 Å². The van der Waals surface area contributed by atoms with Crippen molar-refractivity contribution < 1.29 is 28.5 Å². The molecule has 3 rings (SSSR count). The molecule has 0 bridgehead atoms. The molecule has 0 saturated heterocycles. The third-order valence-electron chi connectivity index (χ3n) is 4.20. The van der Waals surface area contributed by atoms with Crippen molar-refractivity contribution in [2.24, 2.45) is 0 Å². The summed E-state index contributed by atoms with van der Waals surface area (Å²) in [7, 11) is 2.97. The van der Waals surface area contributed by atoms with Gasteiger partial charge in [0.05, 0.1) is 14.2 Å². The van der Waals surface area contributed by atoms with Gasteiger partial charge in [-0.05, 0) is 18.6 Å². The summed E-state index contributed by atoms with van der Waals surface area (Å²) < 4.78 is 21.0. The summed E-state index contributed by atoms with van der Waals surface area (Å²) in [5.74, 6) is 0.545. The number of nitrogens with one attached hydrogen (secondary N) is 1. The maximum Gasteiger partial charge on any atom is 0.408 e. The minimum Gasteiger partial charge on any atom is -0.493 e. The molecule has 1 amide bonds. The van der Waals surface area contributed by atoms with Crippen LogP contribution in [0.25, 0.3) is 0 Å². The lowest BCUT2D eigenvalue weighted by molar-refractivity contribution is -0.138. The predicted octanol–water partition coefficient (Wildman–Crippen LogP) is 2.76. The molecule has 0 radical (unpaired) electrons. The fourth-order valence-electron chi connectivity index (χ4n) is 2.73. The minimum atomic E-state index is -1.39. The molecule has 26 heavy (non-hydrogen) atoms. The van der Waals surface area contributed by atoms with Gasteiger partial charge in [-0.3, -0.25) is 0 Å². The molecule has 2 aromatic carbocycles. The molecule has 1 N–H and O–H groups in total. The van der Waals surface area contributed by atoms with Gasteiger partial charge in [0.2, 0.25) is 0 Å². The zero-order valence-corrected chi connectivity index (χ0v) is 14.7. The van der Waals surface area contributed by atoms with Gasteiger partial charge in [-0.15, -0.1) is 0 Å². The van der Waals surface area contributed by atoms with Crippen LogP contribution in [0.5, 0.6) is 17.2 Å². The van der Waals surface area contributed by atoms with Crippen LogP contribution in [0.15, 0.2) is 42.5 Å². The third-order valence-corrected chi connectivity index (χ3v) is 4.20. The van der Waals surface area contributed by atoms with Gasteiger partial charge in [0, 0.05) is 11.6 Å². The highest BCUT2D eigenvalue weighted by Gasteiger charge is 2.47. The molecule has 0 fully saturated rings. The lowest BCUT2D eigenvalue weighted by Crippen LogP contribution is -2.48. The summed E-state index contributed by atoms with van der Waals surface area (Å²) in [5.41, 5.74) is -0.0757. The number of ether oxygens (including phenoxy) is 4. The lowest BCUT2D eigenvalue weighted by Gasteiger charge is -2.22. The van der Waals surface area contributed by atoms with E-state index >= 15 is 0 Å². The van der Waals surface area contributed by atoms with Crippen LogP contribution < -0.4 is 19.5 Å². The second-order valence-corrected chi connectivity index (χ2v) is 5.90. The molecule has 7 nitrogen and oxygen atoms in total. The summed E-state index contributed by atoms with van der Waals surface area (Å²) in [4.78, 5) is 24.6. The molecule has 0 saturated carbocycles. The molecular weight excluding hydrogens is 338 g/mol. The molecule has 1 atom stereocenters. The van der Waals surface area contributed by atoms with Crippen LogP contribution in [-0.2, 0) is 21.7 Å². The Morgan fingerprint density at radius 1 is 1.12 bits per heavy atom. The maximum atomic E-state index is 12.4. The SMILES string of the molecule is COc1cc2c(cc1OC)[C@@](C)(NC(=O)OCc1ccccc1)C(=O)O2. The minimum absolute atomic E-state index is 0.0938. The van der Waals surface area contributed by atoms with E-state index in [1.165, 1.54) is 14.2 Å². The molecule has 0 unspecified atom stereocenters. The fraction of sp³-hybridized carbons (Fsp3) is 0.263. The van der Waals surface area contributed by atoms with Crippen LogP contribution in [0.3, 0.4) is 0 Å². The number of rotatable bonds is 5. The Bertz CT molecular complexity index is 835. The zero-order chi connectivity index (χ0) is 18.7. The van der Waals surface area contributed by atoms with E-state index in [0.717, 1.165) is 5.56 Å². The van der Waals surface area contributed by atoms with Crippen molar-refractivity contribution in [1.29, 1.82) is 0 Å².